The third-order valence-corrected chi connectivity index (χ3v) is 7.00. The molecule has 0 saturated carbocycles. The first kappa shape index (κ1) is 22.4. The minimum absolute atomic E-state index is 0.322. The summed E-state index contributed by atoms with van der Waals surface area (Å²) >= 11 is 7.64. The van der Waals surface area contributed by atoms with Crippen molar-refractivity contribution in [2.75, 3.05) is 0 Å². The van der Waals surface area contributed by atoms with E-state index in [0.717, 1.165) is 19.3 Å². The molecule has 4 heteroatoms. The Balaban J connectivity index is 3.38. The molecule has 0 aliphatic heterocycles. The quantitative estimate of drug-likeness (QED) is 0.205. The summed E-state index contributed by atoms with van der Waals surface area (Å²) in [5.41, 5.74) is 0. The molecule has 0 heterocycles. The van der Waals surface area contributed by atoms with Gasteiger partial charge in [-0.1, -0.05) is 103 Å². The summed E-state index contributed by atoms with van der Waals surface area (Å²) in [4.78, 5) is 11.6. The lowest BCUT2D eigenvalue weighted by Gasteiger charge is -2.16. The number of aliphatic carboxylic acids is 1. The van der Waals surface area contributed by atoms with Crippen molar-refractivity contribution in [1.82, 2.24) is 0 Å². The van der Waals surface area contributed by atoms with Gasteiger partial charge in [-0.3, -0.25) is 4.79 Å². The van der Waals surface area contributed by atoms with E-state index in [1.54, 1.807) is 0 Å². The molecule has 0 aromatic heterocycles. The maximum absolute atomic E-state index is 10.4. The fourth-order valence-electron chi connectivity index (χ4n) is 2.63. The zero-order chi connectivity index (χ0) is 16.6. The van der Waals surface area contributed by atoms with Crippen molar-refractivity contribution < 1.29 is 9.90 Å². The van der Waals surface area contributed by atoms with Crippen molar-refractivity contribution in [2.45, 2.75) is 106 Å². The van der Waals surface area contributed by atoms with Gasteiger partial charge in [-0.15, -0.1) is 0 Å². The van der Waals surface area contributed by atoms with Crippen molar-refractivity contribution in [3.8, 4) is 0 Å². The molecule has 0 saturated heterocycles. The normalized spacial score (nSPS) is 14.0. The Morgan fingerprint density at radius 3 is 1.64 bits per heavy atom. The van der Waals surface area contributed by atoms with E-state index in [-0.39, 0.29) is 0 Å². The van der Waals surface area contributed by atoms with Gasteiger partial charge >= 0.3 is 5.97 Å². The zero-order valence-corrected chi connectivity index (χ0v) is 17.3. The first-order chi connectivity index (χ1) is 10.6. The zero-order valence-electron chi connectivity index (χ0n) is 14.2. The van der Waals surface area contributed by atoms with Crippen LogP contribution in [-0.4, -0.2) is 20.7 Å². The summed E-state index contributed by atoms with van der Waals surface area (Å²) in [6.07, 6.45) is 16.5. The van der Waals surface area contributed by atoms with Crippen LogP contribution in [0.5, 0.6) is 0 Å². The Bertz CT molecular complexity index is 259. The molecule has 22 heavy (non-hydrogen) atoms. The number of carboxylic acid groups (broad SMARTS) is 1. The number of carboxylic acids is 1. The number of unbranched alkanes of at least 4 members (excludes halogenated alkanes) is 9. The van der Waals surface area contributed by atoms with Crippen molar-refractivity contribution in [2.24, 2.45) is 0 Å². The standard InChI is InChI=1S/C18H34Br2O2/c1-2-3-4-5-7-10-13-16(19)17(20)14-11-8-6-9-12-15-18(21)22/h16-17H,2-15H2,1H3,(H,21,22)/t16-,17-/m1/s1. The molecule has 2 nitrogen and oxygen atoms in total. The molecule has 0 radical (unpaired) electrons. The van der Waals surface area contributed by atoms with Crippen molar-refractivity contribution in [3.05, 3.63) is 0 Å². The van der Waals surface area contributed by atoms with Crippen LogP contribution in [0.2, 0.25) is 0 Å². The van der Waals surface area contributed by atoms with Crippen LogP contribution in [0.4, 0.5) is 0 Å². The molecule has 1 N–H and O–H groups in total. The first-order valence-corrected chi connectivity index (χ1v) is 10.9. The van der Waals surface area contributed by atoms with Crippen LogP contribution < -0.4 is 0 Å². The van der Waals surface area contributed by atoms with Crippen LogP contribution in [0.15, 0.2) is 0 Å². The summed E-state index contributed by atoms with van der Waals surface area (Å²) in [6, 6.07) is 0. The van der Waals surface area contributed by atoms with E-state index >= 15 is 0 Å². The first-order valence-electron chi connectivity index (χ1n) is 9.07. The topological polar surface area (TPSA) is 37.3 Å². The van der Waals surface area contributed by atoms with E-state index < -0.39 is 5.97 Å². The lowest BCUT2D eigenvalue weighted by atomic mass is 10.0. The van der Waals surface area contributed by atoms with Crippen LogP contribution in [0.25, 0.3) is 0 Å². The molecule has 132 valence electrons. The molecule has 0 fully saturated rings. The molecule has 0 aromatic rings. The third kappa shape index (κ3) is 15.3. The van der Waals surface area contributed by atoms with E-state index in [1.165, 1.54) is 64.2 Å². The summed E-state index contributed by atoms with van der Waals surface area (Å²) in [5, 5.41) is 8.57. The molecule has 0 amide bonds. The van der Waals surface area contributed by atoms with E-state index in [1.807, 2.05) is 0 Å². The van der Waals surface area contributed by atoms with Gasteiger partial charge in [0.15, 0.2) is 0 Å². The molecule has 0 bridgehead atoms. The molecule has 0 aliphatic rings. The average Bonchev–Trinajstić information content (AvgIpc) is 2.49. The lowest BCUT2D eigenvalue weighted by Crippen LogP contribution is -2.13. The van der Waals surface area contributed by atoms with Crippen molar-refractivity contribution >= 4 is 37.8 Å². The van der Waals surface area contributed by atoms with E-state index in [0.29, 0.717) is 16.1 Å². The highest BCUT2D eigenvalue weighted by Gasteiger charge is 2.14. The summed E-state index contributed by atoms with van der Waals surface area (Å²) < 4.78 is 0. The second-order valence-electron chi connectivity index (χ2n) is 6.29. The van der Waals surface area contributed by atoms with E-state index in [2.05, 4.69) is 38.8 Å². The van der Waals surface area contributed by atoms with Crippen LogP contribution >= 0.6 is 31.9 Å². The highest BCUT2D eigenvalue weighted by molar-refractivity contribution is 9.12. The fraction of sp³-hybridized carbons (Fsp3) is 0.944. The van der Waals surface area contributed by atoms with Crippen LogP contribution in [0, 0.1) is 0 Å². The second kappa shape index (κ2) is 16.3. The van der Waals surface area contributed by atoms with Crippen LogP contribution in [0.1, 0.15) is 96.8 Å². The van der Waals surface area contributed by atoms with Gasteiger partial charge in [0.2, 0.25) is 0 Å². The van der Waals surface area contributed by atoms with Gasteiger partial charge in [0, 0.05) is 16.1 Å². The Morgan fingerprint density at radius 2 is 1.18 bits per heavy atom. The monoisotopic (exact) mass is 440 g/mol. The van der Waals surface area contributed by atoms with Crippen molar-refractivity contribution in [3.63, 3.8) is 0 Å². The smallest absolute Gasteiger partial charge is 0.303 e. The number of hydrogen-bond acceptors (Lipinski definition) is 1. The molecule has 0 rings (SSSR count). The molecular weight excluding hydrogens is 408 g/mol. The largest absolute Gasteiger partial charge is 0.481 e. The second-order valence-corrected chi connectivity index (χ2v) is 8.64. The number of rotatable bonds is 16. The lowest BCUT2D eigenvalue weighted by molar-refractivity contribution is -0.137. The van der Waals surface area contributed by atoms with Crippen molar-refractivity contribution in [1.29, 1.82) is 0 Å². The minimum atomic E-state index is -0.669. The van der Waals surface area contributed by atoms with Gasteiger partial charge in [0.1, 0.15) is 0 Å². The third-order valence-electron chi connectivity index (χ3n) is 4.10. The predicted octanol–water partition coefficient (Wildman–Crippen LogP) is 7.08. The van der Waals surface area contributed by atoms with Gasteiger partial charge in [0.25, 0.3) is 0 Å². The molecule has 0 unspecified atom stereocenters. The van der Waals surface area contributed by atoms with Gasteiger partial charge in [0.05, 0.1) is 0 Å². The van der Waals surface area contributed by atoms with Gasteiger partial charge in [-0.05, 0) is 19.3 Å². The Hall–Kier alpha value is 0.430. The minimum Gasteiger partial charge on any atom is -0.481 e. The number of hydrogen-bond donors (Lipinski definition) is 1. The molecular formula is C18H34Br2O2. The maximum Gasteiger partial charge on any atom is 0.303 e. The Kier molecular flexibility index (Phi) is 16.6. The number of alkyl halides is 2. The summed E-state index contributed by atoms with van der Waals surface area (Å²) in [5.74, 6) is -0.669. The van der Waals surface area contributed by atoms with Gasteiger partial charge in [-0.2, -0.15) is 0 Å². The van der Waals surface area contributed by atoms with Crippen LogP contribution in [-0.2, 0) is 4.79 Å². The maximum atomic E-state index is 10.4. The highest BCUT2D eigenvalue weighted by Crippen LogP contribution is 2.25. The SMILES string of the molecule is CCCCCCCC[C@@H](Br)[C@H](Br)CCCCCCCC(=O)O. The highest BCUT2D eigenvalue weighted by atomic mass is 79.9. The number of carbonyl (C=O) groups is 1. The van der Waals surface area contributed by atoms with E-state index in [9.17, 15) is 4.79 Å². The summed E-state index contributed by atoms with van der Waals surface area (Å²) in [7, 11) is 0. The Labute approximate surface area is 154 Å². The number of halogens is 2. The Morgan fingerprint density at radius 1 is 0.773 bits per heavy atom. The molecule has 0 aromatic carbocycles. The van der Waals surface area contributed by atoms with E-state index in [4.69, 9.17) is 5.11 Å². The van der Waals surface area contributed by atoms with Gasteiger partial charge < -0.3 is 5.11 Å². The predicted molar refractivity (Wildman–Crippen MR) is 103 cm³/mol. The average molecular weight is 442 g/mol. The fourth-order valence-corrected chi connectivity index (χ4v) is 3.80. The molecule has 2 atom stereocenters. The van der Waals surface area contributed by atoms with Gasteiger partial charge in [-0.25, -0.2) is 0 Å². The summed E-state index contributed by atoms with van der Waals surface area (Å²) in [6.45, 7) is 2.26. The molecule has 0 spiro atoms. The van der Waals surface area contributed by atoms with Crippen LogP contribution in [0.3, 0.4) is 0 Å². The molecule has 0 aliphatic carbocycles.